The largest absolute Gasteiger partial charge is 0.491 e. The zero-order valence-electron chi connectivity index (χ0n) is 14.4. The minimum absolute atomic E-state index is 0.0302. The maximum atomic E-state index is 12.2. The van der Waals surface area contributed by atoms with Gasteiger partial charge in [-0.05, 0) is 51.4 Å². The number of anilines is 1. The SMILES string of the molecule is CCCN(CCC)CC(=O)Nc1cccc(OC(C)CC)c1. The number of carbonyl (C=O) groups is 1. The van der Waals surface area contributed by atoms with Gasteiger partial charge in [-0.3, -0.25) is 9.69 Å². The van der Waals surface area contributed by atoms with Gasteiger partial charge in [-0.2, -0.15) is 0 Å². The Labute approximate surface area is 134 Å². The van der Waals surface area contributed by atoms with Crippen molar-refractivity contribution < 1.29 is 9.53 Å². The number of amides is 1. The molecule has 0 heterocycles. The van der Waals surface area contributed by atoms with Gasteiger partial charge in [0.15, 0.2) is 0 Å². The monoisotopic (exact) mass is 306 g/mol. The van der Waals surface area contributed by atoms with Crippen molar-refractivity contribution in [3.8, 4) is 5.75 Å². The molecule has 1 atom stereocenters. The Hall–Kier alpha value is -1.55. The highest BCUT2D eigenvalue weighted by Gasteiger charge is 2.10. The van der Waals surface area contributed by atoms with Crippen molar-refractivity contribution in [2.75, 3.05) is 25.0 Å². The van der Waals surface area contributed by atoms with Crippen molar-refractivity contribution in [3.63, 3.8) is 0 Å². The number of benzene rings is 1. The molecule has 0 saturated carbocycles. The van der Waals surface area contributed by atoms with E-state index in [1.54, 1.807) is 0 Å². The molecule has 1 aromatic carbocycles. The zero-order valence-corrected chi connectivity index (χ0v) is 14.4. The molecule has 1 amide bonds. The lowest BCUT2D eigenvalue weighted by molar-refractivity contribution is -0.117. The first kappa shape index (κ1) is 18.5. The normalized spacial score (nSPS) is 12.2. The average molecular weight is 306 g/mol. The van der Waals surface area contributed by atoms with Crippen molar-refractivity contribution in [1.29, 1.82) is 0 Å². The summed E-state index contributed by atoms with van der Waals surface area (Å²) in [6, 6.07) is 7.60. The fourth-order valence-corrected chi connectivity index (χ4v) is 2.27. The van der Waals surface area contributed by atoms with Crippen molar-refractivity contribution in [2.45, 2.75) is 53.1 Å². The molecule has 0 aliphatic carbocycles. The summed E-state index contributed by atoms with van der Waals surface area (Å²) in [5, 5.41) is 2.96. The van der Waals surface area contributed by atoms with E-state index >= 15 is 0 Å². The van der Waals surface area contributed by atoms with E-state index in [0.29, 0.717) is 6.54 Å². The van der Waals surface area contributed by atoms with E-state index in [4.69, 9.17) is 4.74 Å². The molecule has 0 aromatic heterocycles. The van der Waals surface area contributed by atoms with Gasteiger partial charge in [-0.1, -0.05) is 26.8 Å². The Morgan fingerprint density at radius 3 is 2.50 bits per heavy atom. The molecule has 0 aliphatic heterocycles. The summed E-state index contributed by atoms with van der Waals surface area (Å²) in [7, 11) is 0. The molecule has 4 heteroatoms. The van der Waals surface area contributed by atoms with E-state index < -0.39 is 0 Å². The van der Waals surface area contributed by atoms with E-state index in [9.17, 15) is 4.79 Å². The van der Waals surface area contributed by atoms with Crippen LogP contribution in [-0.2, 0) is 4.79 Å². The smallest absolute Gasteiger partial charge is 0.238 e. The van der Waals surface area contributed by atoms with Gasteiger partial charge < -0.3 is 10.1 Å². The second kappa shape index (κ2) is 10.2. The van der Waals surface area contributed by atoms with Crippen molar-refractivity contribution in [3.05, 3.63) is 24.3 Å². The third-order valence-corrected chi connectivity index (χ3v) is 3.48. The Morgan fingerprint density at radius 2 is 1.91 bits per heavy atom. The lowest BCUT2D eigenvalue weighted by atomic mass is 10.2. The molecule has 22 heavy (non-hydrogen) atoms. The third-order valence-electron chi connectivity index (χ3n) is 3.48. The Kier molecular flexibility index (Phi) is 8.60. The van der Waals surface area contributed by atoms with Crippen molar-refractivity contribution >= 4 is 11.6 Å². The van der Waals surface area contributed by atoms with Crippen LogP contribution in [0.15, 0.2) is 24.3 Å². The fraction of sp³-hybridized carbons (Fsp3) is 0.611. The van der Waals surface area contributed by atoms with E-state index in [-0.39, 0.29) is 12.0 Å². The standard InChI is InChI=1S/C18H30N2O2/c1-5-11-20(12-6-2)14-18(21)19-16-9-8-10-17(13-16)22-15(4)7-3/h8-10,13,15H,5-7,11-12,14H2,1-4H3,(H,19,21). The fourth-order valence-electron chi connectivity index (χ4n) is 2.27. The molecule has 4 nitrogen and oxygen atoms in total. The van der Waals surface area contributed by atoms with Gasteiger partial charge in [0.2, 0.25) is 5.91 Å². The summed E-state index contributed by atoms with van der Waals surface area (Å²) in [6.45, 7) is 10.8. The second-order valence-electron chi connectivity index (χ2n) is 5.69. The Morgan fingerprint density at radius 1 is 1.23 bits per heavy atom. The number of ether oxygens (including phenoxy) is 1. The summed E-state index contributed by atoms with van der Waals surface area (Å²) in [4.78, 5) is 14.4. The van der Waals surface area contributed by atoms with Crippen LogP contribution < -0.4 is 10.1 Å². The van der Waals surface area contributed by atoms with Crippen LogP contribution in [0, 0.1) is 0 Å². The van der Waals surface area contributed by atoms with Crippen LogP contribution in [0.25, 0.3) is 0 Å². The van der Waals surface area contributed by atoms with E-state index in [1.165, 1.54) is 0 Å². The average Bonchev–Trinajstić information content (AvgIpc) is 2.47. The van der Waals surface area contributed by atoms with Crippen LogP contribution in [-0.4, -0.2) is 36.5 Å². The Bertz CT molecular complexity index is 442. The van der Waals surface area contributed by atoms with Crippen LogP contribution in [0.5, 0.6) is 5.75 Å². The molecule has 1 unspecified atom stereocenters. The molecular weight excluding hydrogens is 276 g/mol. The molecular formula is C18H30N2O2. The topological polar surface area (TPSA) is 41.6 Å². The summed E-state index contributed by atoms with van der Waals surface area (Å²) >= 11 is 0. The highest BCUT2D eigenvalue weighted by molar-refractivity contribution is 5.92. The minimum atomic E-state index is 0.0302. The second-order valence-corrected chi connectivity index (χ2v) is 5.69. The molecule has 0 spiro atoms. The van der Waals surface area contributed by atoms with Gasteiger partial charge in [-0.15, -0.1) is 0 Å². The van der Waals surface area contributed by atoms with E-state index in [1.807, 2.05) is 31.2 Å². The molecule has 1 aromatic rings. The van der Waals surface area contributed by atoms with Gasteiger partial charge in [0, 0.05) is 11.8 Å². The molecule has 0 bridgehead atoms. The quantitative estimate of drug-likeness (QED) is 0.712. The van der Waals surface area contributed by atoms with Crippen LogP contribution in [0.3, 0.4) is 0 Å². The van der Waals surface area contributed by atoms with Crippen LogP contribution in [0.2, 0.25) is 0 Å². The zero-order chi connectivity index (χ0) is 16.4. The summed E-state index contributed by atoms with van der Waals surface area (Å²) < 4.78 is 5.78. The first-order chi connectivity index (χ1) is 10.6. The van der Waals surface area contributed by atoms with Crippen LogP contribution in [0.4, 0.5) is 5.69 Å². The number of nitrogens with zero attached hydrogens (tertiary/aromatic N) is 1. The molecule has 1 rings (SSSR count). The highest BCUT2D eigenvalue weighted by Crippen LogP contribution is 2.19. The number of hydrogen-bond acceptors (Lipinski definition) is 3. The summed E-state index contributed by atoms with van der Waals surface area (Å²) in [5.74, 6) is 0.828. The maximum absolute atomic E-state index is 12.2. The maximum Gasteiger partial charge on any atom is 0.238 e. The number of rotatable bonds is 10. The van der Waals surface area contributed by atoms with Gasteiger partial charge in [0.25, 0.3) is 0 Å². The molecule has 0 aliphatic rings. The van der Waals surface area contributed by atoms with Crippen molar-refractivity contribution in [1.82, 2.24) is 4.90 Å². The number of nitrogens with one attached hydrogen (secondary N) is 1. The van der Waals surface area contributed by atoms with E-state index in [0.717, 1.165) is 43.8 Å². The lowest BCUT2D eigenvalue weighted by Gasteiger charge is -2.20. The number of carbonyl (C=O) groups excluding carboxylic acids is 1. The number of hydrogen-bond donors (Lipinski definition) is 1. The van der Waals surface area contributed by atoms with E-state index in [2.05, 4.69) is 31.0 Å². The van der Waals surface area contributed by atoms with Gasteiger partial charge in [-0.25, -0.2) is 0 Å². The lowest BCUT2D eigenvalue weighted by Crippen LogP contribution is -2.34. The highest BCUT2D eigenvalue weighted by atomic mass is 16.5. The molecule has 0 saturated heterocycles. The predicted octanol–water partition coefficient (Wildman–Crippen LogP) is 3.92. The third kappa shape index (κ3) is 6.94. The summed E-state index contributed by atoms with van der Waals surface area (Å²) in [5.41, 5.74) is 0.791. The van der Waals surface area contributed by atoms with Crippen LogP contribution >= 0.6 is 0 Å². The minimum Gasteiger partial charge on any atom is -0.491 e. The molecule has 124 valence electrons. The van der Waals surface area contributed by atoms with Gasteiger partial charge in [0.05, 0.1) is 12.6 Å². The molecule has 0 radical (unpaired) electrons. The van der Waals surface area contributed by atoms with Gasteiger partial charge in [0.1, 0.15) is 5.75 Å². The Balaban J connectivity index is 2.58. The predicted molar refractivity (Wildman–Crippen MR) is 92.5 cm³/mol. The van der Waals surface area contributed by atoms with Crippen LogP contribution in [0.1, 0.15) is 47.0 Å². The first-order valence-corrected chi connectivity index (χ1v) is 8.37. The molecule has 1 N–H and O–H groups in total. The van der Waals surface area contributed by atoms with Crippen molar-refractivity contribution in [2.24, 2.45) is 0 Å². The van der Waals surface area contributed by atoms with Gasteiger partial charge >= 0.3 is 0 Å². The first-order valence-electron chi connectivity index (χ1n) is 8.37. The molecule has 0 fully saturated rings. The summed E-state index contributed by atoms with van der Waals surface area (Å²) in [6.07, 6.45) is 3.26.